The molecular formula is C15H14BrFO3. The molecular weight excluding hydrogens is 327 g/mol. The van der Waals surface area contributed by atoms with E-state index in [1.807, 2.05) is 0 Å². The molecule has 0 fully saturated rings. The Labute approximate surface area is 125 Å². The lowest BCUT2D eigenvalue weighted by molar-refractivity contribution is 0.300. The molecule has 0 spiro atoms. The van der Waals surface area contributed by atoms with Crippen LogP contribution < -0.4 is 14.2 Å². The van der Waals surface area contributed by atoms with Crippen molar-refractivity contribution in [2.24, 2.45) is 0 Å². The van der Waals surface area contributed by atoms with Crippen LogP contribution in [0.3, 0.4) is 0 Å². The second kappa shape index (κ2) is 6.61. The second-order valence-electron chi connectivity index (χ2n) is 4.11. The lowest BCUT2D eigenvalue weighted by Crippen LogP contribution is -1.97. The molecule has 0 heterocycles. The number of methoxy groups -OCH3 is 2. The van der Waals surface area contributed by atoms with Crippen LogP contribution in [0.1, 0.15) is 5.56 Å². The van der Waals surface area contributed by atoms with Gasteiger partial charge in [-0.3, -0.25) is 0 Å². The van der Waals surface area contributed by atoms with E-state index >= 15 is 0 Å². The first-order valence-corrected chi connectivity index (χ1v) is 6.71. The van der Waals surface area contributed by atoms with Crippen molar-refractivity contribution >= 4 is 15.9 Å². The Hall–Kier alpha value is -1.75. The maximum Gasteiger partial charge on any atom is 0.127 e. The number of halogens is 2. The number of ether oxygens (including phenoxy) is 3. The molecule has 0 atom stereocenters. The number of hydrogen-bond donors (Lipinski definition) is 0. The quantitative estimate of drug-likeness (QED) is 0.816. The van der Waals surface area contributed by atoms with Gasteiger partial charge < -0.3 is 14.2 Å². The van der Waals surface area contributed by atoms with Crippen LogP contribution in [0.15, 0.2) is 40.9 Å². The van der Waals surface area contributed by atoms with Gasteiger partial charge >= 0.3 is 0 Å². The molecule has 0 N–H and O–H groups in total. The van der Waals surface area contributed by atoms with Gasteiger partial charge in [-0.05, 0) is 23.8 Å². The summed E-state index contributed by atoms with van der Waals surface area (Å²) in [4.78, 5) is 0. The van der Waals surface area contributed by atoms with E-state index in [2.05, 4.69) is 15.9 Å². The molecule has 0 saturated carbocycles. The third-order valence-electron chi connectivity index (χ3n) is 2.65. The molecule has 106 valence electrons. The molecule has 0 aliphatic heterocycles. The van der Waals surface area contributed by atoms with Crippen molar-refractivity contribution in [2.45, 2.75) is 6.61 Å². The van der Waals surface area contributed by atoms with Gasteiger partial charge in [0.05, 0.1) is 14.2 Å². The smallest absolute Gasteiger partial charge is 0.127 e. The topological polar surface area (TPSA) is 27.7 Å². The van der Waals surface area contributed by atoms with Crippen molar-refractivity contribution in [3.05, 3.63) is 52.3 Å². The first kappa shape index (κ1) is 14.7. The fourth-order valence-corrected chi connectivity index (χ4v) is 2.24. The minimum absolute atomic E-state index is 0.257. The second-order valence-corrected chi connectivity index (χ2v) is 5.03. The van der Waals surface area contributed by atoms with Crippen molar-refractivity contribution in [3.63, 3.8) is 0 Å². The predicted molar refractivity (Wildman–Crippen MR) is 78.0 cm³/mol. The zero-order valence-corrected chi connectivity index (χ0v) is 12.7. The van der Waals surface area contributed by atoms with Gasteiger partial charge in [0, 0.05) is 22.7 Å². The molecule has 0 aliphatic rings. The van der Waals surface area contributed by atoms with Crippen molar-refractivity contribution in [3.8, 4) is 17.2 Å². The van der Waals surface area contributed by atoms with E-state index in [0.29, 0.717) is 21.7 Å². The van der Waals surface area contributed by atoms with Crippen LogP contribution in [-0.2, 0) is 6.61 Å². The van der Waals surface area contributed by atoms with Crippen LogP contribution in [0.2, 0.25) is 0 Å². The highest BCUT2D eigenvalue weighted by molar-refractivity contribution is 9.10. The minimum atomic E-state index is -0.304. The lowest BCUT2D eigenvalue weighted by atomic mass is 10.2. The molecule has 3 nitrogen and oxygen atoms in total. The molecule has 2 aromatic rings. The molecule has 0 bridgehead atoms. The predicted octanol–water partition coefficient (Wildman–Crippen LogP) is 4.18. The largest absolute Gasteiger partial charge is 0.496 e. The average Bonchev–Trinajstić information content (AvgIpc) is 2.43. The van der Waals surface area contributed by atoms with Crippen LogP contribution in [0, 0.1) is 5.82 Å². The fourth-order valence-electron chi connectivity index (χ4n) is 1.73. The van der Waals surface area contributed by atoms with Crippen molar-refractivity contribution in [1.29, 1.82) is 0 Å². The van der Waals surface area contributed by atoms with E-state index < -0.39 is 0 Å². The normalized spacial score (nSPS) is 10.2. The van der Waals surface area contributed by atoms with Gasteiger partial charge in [0.25, 0.3) is 0 Å². The van der Waals surface area contributed by atoms with Crippen LogP contribution in [-0.4, -0.2) is 14.2 Å². The molecule has 0 saturated heterocycles. The number of hydrogen-bond acceptors (Lipinski definition) is 3. The van der Waals surface area contributed by atoms with E-state index in [0.717, 1.165) is 5.56 Å². The van der Waals surface area contributed by atoms with Gasteiger partial charge in [-0.2, -0.15) is 0 Å². The van der Waals surface area contributed by atoms with E-state index in [1.54, 1.807) is 38.5 Å². The zero-order valence-electron chi connectivity index (χ0n) is 11.2. The summed E-state index contributed by atoms with van der Waals surface area (Å²) in [6.45, 7) is 0.257. The van der Waals surface area contributed by atoms with Gasteiger partial charge in [-0.1, -0.05) is 15.9 Å². The van der Waals surface area contributed by atoms with Crippen LogP contribution in [0.5, 0.6) is 17.2 Å². The van der Waals surface area contributed by atoms with Crippen molar-refractivity contribution in [1.82, 2.24) is 0 Å². The first-order valence-electron chi connectivity index (χ1n) is 5.91. The van der Waals surface area contributed by atoms with E-state index in [9.17, 15) is 4.39 Å². The third-order valence-corrected chi connectivity index (χ3v) is 3.11. The Balaban J connectivity index is 2.13. The Kier molecular flexibility index (Phi) is 4.84. The Bertz CT molecular complexity index is 559. The van der Waals surface area contributed by atoms with Gasteiger partial charge in [0.15, 0.2) is 0 Å². The molecule has 0 radical (unpaired) electrons. The number of benzene rings is 2. The molecule has 0 aromatic heterocycles. The van der Waals surface area contributed by atoms with Crippen LogP contribution in [0.25, 0.3) is 0 Å². The molecule has 5 heteroatoms. The van der Waals surface area contributed by atoms with Crippen LogP contribution in [0.4, 0.5) is 4.39 Å². The highest BCUT2D eigenvalue weighted by atomic mass is 79.9. The summed E-state index contributed by atoms with van der Waals surface area (Å²) in [7, 11) is 3.14. The Morgan fingerprint density at radius 1 is 0.900 bits per heavy atom. The summed E-state index contributed by atoms with van der Waals surface area (Å²) in [5.74, 6) is 1.57. The summed E-state index contributed by atoms with van der Waals surface area (Å²) in [5.41, 5.74) is 0.735. The molecule has 20 heavy (non-hydrogen) atoms. The Morgan fingerprint density at radius 3 is 2.05 bits per heavy atom. The first-order chi connectivity index (χ1) is 9.60. The van der Waals surface area contributed by atoms with Gasteiger partial charge in [-0.15, -0.1) is 0 Å². The molecule has 0 unspecified atom stereocenters. The van der Waals surface area contributed by atoms with Crippen molar-refractivity contribution in [2.75, 3.05) is 14.2 Å². The van der Waals surface area contributed by atoms with Gasteiger partial charge in [0.2, 0.25) is 0 Å². The van der Waals surface area contributed by atoms with Crippen molar-refractivity contribution < 1.29 is 18.6 Å². The summed E-state index contributed by atoms with van der Waals surface area (Å²) < 4.78 is 29.9. The molecule has 2 rings (SSSR count). The SMILES string of the molecule is COc1cc(OC)cc(OCc2cc(F)cc(Br)c2)c1. The Morgan fingerprint density at radius 2 is 1.50 bits per heavy atom. The highest BCUT2D eigenvalue weighted by Crippen LogP contribution is 2.28. The van der Waals surface area contributed by atoms with E-state index in [1.165, 1.54) is 12.1 Å². The summed E-state index contributed by atoms with van der Waals surface area (Å²) >= 11 is 3.25. The zero-order chi connectivity index (χ0) is 14.5. The van der Waals surface area contributed by atoms with Gasteiger partial charge in [-0.25, -0.2) is 4.39 Å². The highest BCUT2D eigenvalue weighted by Gasteiger charge is 2.04. The summed E-state index contributed by atoms with van der Waals surface area (Å²) in [6, 6.07) is 9.89. The molecule has 0 aliphatic carbocycles. The maximum absolute atomic E-state index is 13.3. The average molecular weight is 341 g/mol. The standard InChI is InChI=1S/C15H14BrFO3/c1-18-13-6-14(19-2)8-15(7-13)20-9-10-3-11(16)5-12(17)4-10/h3-8H,9H2,1-2H3. The van der Waals surface area contributed by atoms with E-state index in [4.69, 9.17) is 14.2 Å². The third kappa shape index (κ3) is 3.87. The summed E-state index contributed by atoms with van der Waals surface area (Å²) in [6.07, 6.45) is 0. The lowest BCUT2D eigenvalue weighted by Gasteiger charge is -2.10. The fraction of sp³-hybridized carbons (Fsp3) is 0.200. The maximum atomic E-state index is 13.3. The summed E-state index contributed by atoms with van der Waals surface area (Å²) in [5, 5.41) is 0. The monoisotopic (exact) mass is 340 g/mol. The van der Waals surface area contributed by atoms with Gasteiger partial charge in [0.1, 0.15) is 29.7 Å². The molecule has 2 aromatic carbocycles. The number of rotatable bonds is 5. The van der Waals surface area contributed by atoms with Crippen LogP contribution >= 0.6 is 15.9 Å². The van der Waals surface area contributed by atoms with E-state index in [-0.39, 0.29) is 12.4 Å². The molecule has 0 amide bonds. The minimum Gasteiger partial charge on any atom is -0.496 e.